The van der Waals surface area contributed by atoms with E-state index in [1.54, 1.807) is 0 Å². The van der Waals surface area contributed by atoms with Gasteiger partial charge in [-0.2, -0.15) is 0 Å². The third-order valence-electron chi connectivity index (χ3n) is 4.62. The summed E-state index contributed by atoms with van der Waals surface area (Å²) in [4.78, 5) is 16.8. The molecule has 20 heavy (non-hydrogen) atoms. The van der Waals surface area contributed by atoms with Gasteiger partial charge in [0.1, 0.15) is 11.9 Å². The molecule has 1 aromatic rings. The molecule has 5 heteroatoms. The van der Waals surface area contributed by atoms with Gasteiger partial charge in [-0.05, 0) is 12.1 Å². The predicted octanol–water partition coefficient (Wildman–Crippen LogP) is 0.603. The lowest BCUT2D eigenvalue weighted by atomic mass is 10.1. The summed E-state index contributed by atoms with van der Waals surface area (Å²) in [7, 11) is 1.88. The number of amides is 1. The van der Waals surface area contributed by atoms with Gasteiger partial charge in [0, 0.05) is 20.1 Å². The van der Waals surface area contributed by atoms with Crippen LogP contribution in [-0.4, -0.2) is 67.2 Å². The van der Waals surface area contributed by atoms with Gasteiger partial charge in [0.05, 0.1) is 30.9 Å². The molecule has 4 rings (SSSR count). The monoisotopic (exact) mass is 274 g/mol. The molecule has 0 radical (unpaired) electrons. The molecular formula is C15H18N2O3. The fraction of sp³-hybridized carbons (Fsp3) is 0.533. The van der Waals surface area contributed by atoms with Crippen LogP contribution >= 0.6 is 0 Å². The Morgan fingerprint density at radius 2 is 2.00 bits per heavy atom. The fourth-order valence-corrected chi connectivity index (χ4v) is 3.25. The van der Waals surface area contributed by atoms with Gasteiger partial charge in [-0.1, -0.05) is 12.1 Å². The van der Waals surface area contributed by atoms with Gasteiger partial charge < -0.3 is 14.4 Å². The topological polar surface area (TPSA) is 42.0 Å². The zero-order valence-corrected chi connectivity index (χ0v) is 11.5. The van der Waals surface area contributed by atoms with Gasteiger partial charge in [-0.3, -0.25) is 9.69 Å². The maximum atomic E-state index is 12.5. The summed E-state index contributed by atoms with van der Waals surface area (Å²) in [5, 5.41) is 0. The van der Waals surface area contributed by atoms with Crippen LogP contribution in [0.4, 0.5) is 0 Å². The zero-order valence-electron chi connectivity index (χ0n) is 11.5. The summed E-state index contributed by atoms with van der Waals surface area (Å²) in [6, 6.07) is 8.14. The average Bonchev–Trinajstić information content (AvgIpc) is 2.75. The van der Waals surface area contributed by atoms with Crippen molar-refractivity contribution in [1.82, 2.24) is 9.80 Å². The molecule has 0 saturated carbocycles. The summed E-state index contributed by atoms with van der Waals surface area (Å²) in [6.45, 7) is 3.33. The first-order valence-corrected chi connectivity index (χ1v) is 7.08. The third-order valence-corrected chi connectivity index (χ3v) is 4.62. The van der Waals surface area contributed by atoms with E-state index in [1.807, 2.05) is 36.2 Å². The number of fused-ring (bicyclic) bond motifs is 2. The molecule has 2 atom stereocenters. The number of rotatable bonds is 1. The molecule has 5 nitrogen and oxygen atoms in total. The highest BCUT2D eigenvalue weighted by molar-refractivity contribution is 5.97. The van der Waals surface area contributed by atoms with E-state index >= 15 is 0 Å². The first kappa shape index (κ1) is 12.2. The number of hydrogen-bond donors (Lipinski definition) is 0. The van der Waals surface area contributed by atoms with Gasteiger partial charge in [0.25, 0.3) is 5.91 Å². The standard InChI is InChI=1S/C15H18N2O3/c1-16-12-6-17(10-8-19-9-10)7-14(12)20-13-5-3-2-4-11(13)15(16)18/h2-5,10,12,14H,6-9H2,1H3/t12-,14+/m1/s1. The van der Waals surface area contributed by atoms with Crippen LogP contribution < -0.4 is 4.74 Å². The predicted molar refractivity (Wildman–Crippen MR) is 72.9 cm³/mol. The SMILES string of the molecule is CN1C(=O)c2ccccc2O[C@H]2CN(C3COC3)C[C@H]21. The molecular weight excluding hydrogens is 256 g/mol. The number of nitrogens with zero attached hydrogens (tertiary/aromatic N) is 2. The minimum absolute atomic E-state index is 0.0493. The molecule has 2 saturated heterocycles. The summed E-state index contributed by atoms with van der Waals surface area (Å²) < 4.78 is 11.4. The Balaban J connectivity index is 1.64. The highest BCUT2D eigenvalue weighted by Crippen LogP contribution is 2.31. The van der Waals surface area contributed by atoms with Crippen LogP contribution in [0.25, 0.3) is 0 Å². The highest BCUT2D eigenvalue weighted by atomic mass is 16.5. The molecule has 3 heterocycles. The summed E-state index contributed by atoms with van der Waals surface area (Å²) in [5.41, 5.74) is 0.669. The Kier molecular flexibility index (Phi) is 2.72. The second-order valence-electron chi connectivity index (χ2n) is 5.78. The molecule has 0 bridgehead atoms. The molecule has 0 aromatic heterocycles. The van der Waals surface area contributed by atoms with Crippen molar-refractivity contribution >= 4 is 5.91 Å². The number of likely N-dealkylation sites (N-methyl/N-ethyl adjacent to an activating group) is 1. The highest BCUT2D eigenvalue weighted by Gasteiger charge is 2.45. The van der Waals surface area contributed by atoms with Crippen molar-refractivity contribution in [2.75, 3.05) is 33.4 Å². The molecule has 1 amide bonds. The molecule has 0 spiro atoms. The van der Waals surface area contributed by atoms with Crippen molar-refractivity contribution in [2.45, 2.75) is 18.2 Å². The van der Waals surface area contributed by atoms with Crippen LogP contribution in [0.3, 0.4) is 0 Å². The quantitative estimate of drug-likeness (QED) is 0.752. The number of benzene rings is 1. The maximum absolute atomic E-state index is 12.5. The first-order valence-electron chi connectivity index (χ1n) is 7.08. The molecule has 0 N–H and O–H groups in total. The second kappa shape index (κ2) is 4.46. The minimum Gasteiger partial charge on any atom is -0.486 e. The van der Waals surface area contributed by atoms with Gasteiger partial charge in [-0.15, -0.1) is 0 Å². The summed E-state index contributed by atoms with van der Waals surface area (Å²) >= 11 is 0. The molecule has 106 valence electrons. The Bertz CT molecular complexity index is 544. The first-order chi connectivity index (χ1) is 9.74. The number of para-hydroxylation sites is 1. The number of hydrogen-bond acceptors (Lipinski definition) is 4. The number of carbonyl (C=O) groups is 1. The van der Waals surface area contributed by atoms with E-state index in [0.717, 1.165) is 26.3 Å². The van der Waals surface area contributed by atoms with Crippen molar-refractivity contribution in [1.29, 1.82) is 0 Å². The lowest BCUT2D eigenvalue weighted by Gasteiger charge is -2.34. The van der Waals surface area contributed by atoms with Crippen molar-refractivity contribution in [3.63, 3.8) is 0 Å². The van der Waals surface area contributed by atoms with E-state index in [1.165, 1.54) is 0 Å². The lowest BCUT2D eigenvalue weighted by Crippen LogP contribution is -2.49. The number of carbonyl (C=O) groups excluding carboxylic acids is 1. The Morgan fingerprint density at radius 3 is 2.75 bits per heavy atom. The van der Waals surface area contributed by atoms with Crippen LogP contribution in [-0.2, 0) is 4.74 Å². The zero-order chi connectivity index (χ0) is 13.7. The third kappa shape index (κ3) is 1.73. The van der Waals surface area contributed by atoms with E-state index < -0.39 is 0 Å². The van der Waals surface area contributed by atoms with Crippen LogP contribution in [0.2, 0.25) is 0 Å². The molecule has 3 aliphatic heterocycles. The van der Waals surface area contributed by atoms with Crippen molar-refractivity contribution < 1.29 is 14.3 Å². The van der Waals surface area contributed by atoms with Crippen LogP contribution in [0.5, 0.6) is 5.75 Å². The van der Waals surface area contributed by atoms with Crippen molar-refractivity contribution in [3.8, 4) is 5.75 Å². The molecule has 0 aliphatic carbocycles. The molecule has 3 aliphatic rings. The van der Waals surface area contributed by atoms with Gasteiger partial charge >= 0.3 is 0 Å². The molecule has 2 fully saturated rings. The number of likely N-dealkylation sites (tertiary alicyclic amines) is 1. The van der Waals surface area contributed by atoms with Crippen LogP contribution in [0.15, 0.2) is 24.3 Å². The second-order valence-corrected chi connectivity index (χ2v) is 5.78. The summed E-state index contributed by atoms with van der Waals surface area (Å²) in [5.74, 6) is 0.767. The van der Waals surface area contributed by atoms with Gasteiger partial charge in [0.15, 0.2) is 0 Å². The Morgan fingerprint density at radius 1 is 1.20 bits per heavy atom. The average molecular weight is 274 g/mol. The Labute approximate surface area is 118 Å². The maximum Gasteiger partial charge on any atom is 0.257 e. The fourth-order valence-electron chi connectivity index (χ4n) is 3.25. The van der Waals surface area contributed by atoms with E-state index in [-0.39, 0.29) is 18.1 Å². The normalized spacial score (nSPS) is 30.2. The molecule has 0 unspecified atom stereocenters. The van der Waals surface area contributed by atoms with Gasteiger partial charge in [-0.25, -0.2) is 0 Å². The minimum atomic E-state index is 0.0493. The number of ether oxygens (including phenoxy) is 2. The van der Waals surface area contributed by atoms with E-state index in [0.29, 0.717) is 17.4 Å². The lowest BCUT2D eigenvalue weighted by molar-refractivity contribution is -0.0599. The van der Waals surface area contributed by atoms with E-state index in [9.17, 15) is 4.79 Å². The van der Waals surface area contributed by atoms with E-state index in [2.05, 4.69) is 4.90 Å². The van der Waals surface area contributed by atoms with Crippen molar-refractivity contribution in [3.05, 3.63) is 29.8 Å². The van der Waals surface area contributed by atoms with Crippen molar-refractivity contribution in [2.24, 2.45) is 0 Å². The summed E-state index contributed by atoms with van der Waals surface area (Å²) in [6.07, 6.45) is 0.0493. The largest absolute Gasteiger partial charge is 0.486 e. The van der Waals surface area contributed by atoms with E-state index in [4.69, 9.17) is 9.47 Å². The Hall–Kier alpha value is -1.59. The van der Waals surface area contributed by atoms with Gasteiger partial charge in [0.2, 0.25) is 0 Å². The van der Waals surface area contributed by atoms with Crippen LogP contribution in [0.1, 0.15) is 10.4 Å². The smallest absolute Gasteiger partial charge is 0.257 e. The molecule has 1 aromatic carbocycles. The van der Waals surface area contributed by atoms with Crippen LogP contribution in [0, 0.1) is 0 Å².